The molecule has 0 aliphatic rings. The van der Waals surface area contributed by atoms with Gasteiger partial charge < -0.3 is 9.52 Å². The Morgan fingerprint density at radius 2 is 1.57 bits per heavy atom. The Kier molecular flexibility index (Phi) is 13.2. The standard InChI is InChI=1S/C24H24NO.C15H28O2.Ir/c1-14(2)10-21-17(5)22-23(18-12-15(3)11-16(4)13-18)25-20-9-7-6-8-19(20)24(22)26-21;1-7-14(5,8-2)12(16)11-13(17)15(6,9-3)10-4;/h6-9,11-12,14H,10H2,1-5H3;11,16H,7-10H2,1-6H3;/q-1;;/b;12-11-;. The van der Waals surface area contributed by atoms with Crippen LogP contribution in [0, 0.1) is 43.6 Å². The van der Waals surface area contributed by atoms with Crippen LogP contribution in [0.1, 0.15) is 104 Å². The number of pyridine rings is 1. The van der Waals surface area contributed by atoms with Crippen LogP contribution in [0.25, 0.3) is 33.1 Å². The molecule has 0 saturated carbocycles. The molecule has 5 heteroatoms. The minimum absolute atomic E-state index is 0. The predicted octanol–water partition coefficient (Wildman–Crippen LogP) is 11.2. The molecule has 2 heterocycles. The number of fused-ring (bicyclic) bond motifs is 3. The number of nitrogens with zero attached hydrogens (tertiary/aromatic N) is 1. The molecule has 0 fully saturated rings. The number of aromatic nitrogens is 1. The third-order valence-corrected chi connectivity index (χ3v) is 9.46. The fourth-order valence-corrected chi connectivity index (χ4v) is 5.44. The van der Waals surface area contributed by atoms with Gasteiger partial charge in [0.1, 0.15) is 17.1 Å². The van der Waals surface area contributed by atoms with Crippen LogP contribution in [0.15, 0.2) is 52.7 Å². The van der Waals surface area contributed by atoms with Crippen molar-refractivity contribution in [3.8, 4) is 11.3 Å². The van der Waals surface area contributed by atoms with Crippen LogP contribution in [0.4, 0.5) is 0 Å². The molecule has 4 rings (SSSR count). The summed E-state index contributed by atoms with van der Waals surface area (Å²) in [5.41, 5.74) is 6.89. The van der Waals surface area contributed by atoms with Gasteiger partial charge in [0, 0.05) is 59.9 Å². The molecule has 4 aromatic rings. The zero-order valence-corrected chi connectivity index (χ0v) is 31.1. The molecule has 0 bridgehead atoms. The summed E-state index contributed by atoms with van der Waals surface area (Å²) >= 11 is 0. The largest absolute Gasteiger partial charge is 0.512 e. The van der Waals surface area contributed by atoms with E-state index in [-0.39, 0.29) is 42.5 Å². The molecule has 0 amide bonds. The SMILES string of the molecule is CCC(C)(CC)C(=O)/C=C(\O)C(C)(CC)CC.Cc1[c-]c(-c2nc3ccccc3c3oc(CC(C)C)c(C)c23)cc(C)c1.[Ir]. The molecule has 2 aromatic heterocycles. The Labute approximate surface area is 279 Å². The quantitative estimate of drug-likeness (QED) is 0.0990. The summed E-state index contributed by atoms with van der Waals surface area (Å²) in [4.78, 5) is 17.2. The number of allylic oxidation sites excluding steroid dienone is 2. The van der Waals surface area contributed by atoms with Crippen molar-refractivity contribution in [3.05, 3.63) is 76.8 Å². The zero-order valence-electron chi connectivity index (χ0n) is 28.7. The molecule has 0 atom stereocenters. The van der Waals surface area contributed by atoms with Gasteiger partial charge in [0.2, 0.25) is 0 Å². The number of carbonyl (C=O) groups is 1. The minimum atomic E-state index is -0.337. The first-order valence-electron chi connectivity index (χ1n) is 16.0. The maximum atomic E-state index is 12.2. The molecule has 4 nitrogen and oxygen atoms in total. The second-order valence-electron chi connectivity index (χ2n) is 13.1. The third kappa shape index (κ3) is 8.09. The van der Waals surface area contributed by atoms with E-state index in [1.807, 2.05) is 53.7 Å². The topological polar surface area (TPSA) is 63.3 Å². The summed E-state index contributed by atoms with van der Waals surface area (Å²) in [5.74, 6) is 1.90. The van der Waals surface area contributed by atoms with E-state index in [0.29, 0.717) is 5.92 Å². The van der Waals surface area contributed by atoms with Gasteiger partial charge in [-0.3, -0.25) is 9.78 Å². The molecule has 0 spiro atoms. The molecule has 1 N–H and O–H groups in total. The second kappa shape index (κ2) is 15.5. The normalized spacial score (nSPS) is 12.3. The number of aliphatic hydroxyl groups is 1. The van der Waals surface area contributed by atoms with Crippen molar-refractivity contribution in [2.45, 2.75) is 108 Å². The van der Waals surface area contributed by atoms with Crippen LogP contribution < -0.4 is 0 Å². The Bertz CT molecular complexity index is 1580. The molecule has 0 aliphatic heterocycles. The van der Waals surface area contributed by atoms with Crippen LogP contribution in [0.5, 0.6) is 0 Å². The molecule has 0 unspecified atom stereocenters. The van der Waals surface area contributed by atoms with Crippen LogP contribution in [-0.4, -0.2) is 15.9 Å². The van der Waals surface area contributed by atoms with Gasteiger partial charge in [-0.15, -0.1) is 34.9 Å². The first-order valence-corrected chi connectivity index (χ1v) is 16.0. The number of hydrogen-bond donors (Lipinski definition) is 1. The van der Waals surface area contributed by atoms with Crippen molar-refractivity contribution in [2.75, 3.05) is 0 Å². The van der Waals surface area contributed by atoms with E-state index in [9.17, 15) is 9.90 Å². The molecule has 44 heavy (non-hydrogen) atoms. The van der Waals surface area contributed by atoms with Gasteiger partial charge in [-0.25, -0.2) is 0 Å². The smallest absolute Gasteiger partial charge is 0.164 e. The van der Waals surface area contributed by atoms with Crippen molar-refractivity contribution in [1.82, 2.24) is 4.98 Å². The van der Waals surface area contributed by atoms with E-state index in [1.165, 1.54) is 17.2 Å². The van der Waals surface area contributed by atoms with Crippen LogP contribution in [0.3, 0.4) is 0 Å². The molecule has 0 saturated heterocycles. The van der Waals surface area contributed by atoms with E-state index >= 15 is 0 Å². The van der Waals surface area contributed by atoms with Gasteiger partial charge >= 0.3 is 0 Å². The Hall–Kier alpha value is -2.75. The molecular weight excluding hydrogens is 723 g/mol. The van der Waals surface area contributed by atoms with Crippen molar-refractivity contribution >= 4 is 27.7 Å². The van der Waals surface area contributed by atoms with E-state index in [1.54, 1.807) is 0 Å². The van der Waals surface area contributed by atoms with Crippen molar-refractivity contribution < 1.29 is 34.4 Å². The maximum Gasteiger partial charge on any atom is 0.164 e. The van der Waals surface area contributed by atoms with Gasteiger partial charge in [-0.05, 0) is 56.2 Å². The first-order chi connectivity index (χ1) is 20.2. The summed E-state index contributed by atoms with van der Waals surface area (Å²) in [5, 5.41) is 12.3. The summed E-state index contributed by atoms with van der Waals surface area (Å²) in [6.45, 7) is 22.9. The van der Waals surface area contributed by atoms with Gasteiger partial charge in [0.05, 0.1) is 5.52 Å². The summed E-state index contributed by atoms with van der Waals surface area (Å²) in [6, 6.07) is 16.0. The monoisotopic (exact) mass is 775 g/mol. The van der Waals surface area contributed by atoms with Crippen molar-refractivity contribution in [3.63, 3.8) is 0 Å². The molecular formula is C39H52IrNO3-. The molecule has 2 aromatic carbocycles. The fourth-order valence-electron chi connectivity index (χ4n) is 5.44. The van der Waals surface area contributed by atoms with Crippen LogP contribution in [0.2, 0.25) is 0 Å². The number of aliphatic hydroxyl groups excluding tert-OH is 1. The van der Waals surface area contributed by atoms with Crippen LogP contribution >= 0.6 is 0 Å². The number of furan rings is 1. The fraction of sp³-hybridized carbons (Fsp3) is 0.487. The van der Waals surface area contributed by atoms with E-state index in [4.69, 9.17) is 9.40 Å². The average molecular weight is 775 g/mol. The number of benzene rings is 2. The van der Waals surface area contributed by atoms with Gasteiger partial charge in [-0.1, -0.05) is 81.4 Å². The molecule has 1 radical (unpaired) electrons. The maximum absolute atomic E-state index is 12.2. The minimum Gasteiger partial charge on any atom is -0.512 e. The Morgan fingerprint density at radius 3 is 2.11 bits per heavy atom. The summed E-state index contributed by atoms with van der Waals surface area (Å²) < 4.78 is 6.39. The molecule has 241 valence electrons. The number of ketones is 1. The number of aryl methyl sites for hydroxylation is 3. The van der Waals surface area contributed by atoms with E-state index in [2.05, 4.69) is 65.0 Å². The van der Waals surface area contributed by atoms with Gasteiger partial charge in [0.15, 0.2) is 5.78 Å². The number of hydrogen-bond acceptors (Lipinski definition) is 4. The van der Waals surface area contributed by atoms with Gasteiger partial charge in [0.25, 0.3) is 0 Å². The van der Waals surface area contributed by atoms with E-state index in [0.717, 1.165) is 76.6 Å². The number of rotatable bonds is 10. The number of carbonyl (C=O) groups excluding carboxylic acids is 1. The zero-order chi connectivity index (χ0) is 32.1. The summed E-state index contributed by atoms with van der Waals surface area (Å²) in [7, 11) is 0. The Morgan fingerprint density at radius 1 is 0.977 bits per heavy atom. The molecule has 0 aliphatic carbocycles. The van der Waals surface area contributed by atoms with Crippen LogP contribution in [-0.2, 0) is 31.3 Å². The Balaban J connectivity index is 0.000000331. The third-order valence-electron chi connectivity index (χ3n) is 9.46. The second-order valence-corrected chi connectivity index (χ2v) is 13.1. The number of para-hydroxylation sites is 1. The predicted molar refractivity (Wildman–Crippen MR) is 182 cm³/mol. The summed E-state index contributed by atoms with van der Waals surface area (Å²) in [6.07, 6.45) is 5.69. The van der Waals surface area contributed by atoms with Gasteiger partial charge in [-0.2, -0.15) is 0 Å². The van der Waals surface area contributed by atoms with Crippen molar-refractivity contribution in [1.29, 1.82) is 0 Å². The van der Waals surface area contributed by atoms with Crippen molar-refractivity contribution in [2.24, 2.45) is 16.7 Å². The van der Waals surface area contributed by atoms with E-state index < -0.39 is 0 Å². The average Bonchev–Trinajstić information content (AvgIpc) is 3.30. The first kappa shape index (κ1) is 37.4.